The summed E-state index contributed by atoms with van der Waals surface area (Å²) in [6, 6.07) is 5.39. The Morgan fingerprint density at radius 2 is 1.92 bits per heavy atom. The molecule has 25 heavy (non-hydrogen) atoms. The first-order chi connectivity index (χ1) is 11.3. The first-order valence-corrected chi connectivity index (χ1v) is 8.23. The summed E-state index contributed by atoms with van der Waals surface area (Å²) in [7, 11) is 3.25. The van der Waals surface area contributed by atoms with Gasteiger partial charge >= 0.3 is 0 Å². The van der Waals surface area contributed by atoms with Crippen molar-refractivity contribution in [2.75, 3.05) is 27.3 Å². The van der Waals surface area contributed by atoms with Crippen LogP contribution in [-0.2, 0) is 11.3 Å². The van der Waals surface area contributed by atoms with Gasteiger partial charge in [-0.15, -0.1) is 24.0 Å². The lowest BCUT2D eigenvalue weighted by molar-refractivity contribution is 0.0205. The van der Waals surface area contributed by atoms with Gasteiger partial charge < -0.3 is 25.2 Å². The molecule has 0 saturated heterocycles. The molecule has 0 aliphatic carbocycles. The minimum absolute atomic E-state index is 0. The molecule has 144 valence electrons. The Labute approximate surface area is 168 Å². The molecule has 1 rings (SSSR count). The molecule has 1 aromatic carbocycles. The van der Waals surface area contributed by atoms with Crippen LogP contribution < -0.4 is 15.4 Å². The molecule has 0 heterocycles. The highest BCUT2D eigenvalue weighted by molar-refractivity contribution is 14.0. The Bertz CT molecular complexity index is 545. The largest absolute Gasteiger partial charge is 0.504 e. The smallest absolute Gasteiger partial charge is 0.191 e. The number of benzene rings is 1. The van der Waals surface area contributed by atoms with Crippen LogP contribution in [0.1, 0.15) is 33.3 Å². The summed E-state index contributed by atoms with van der Waals surface area (Å²) in [6.45, 7) is 10.2. The molecule has 1 unspecified atom stereocenters. The van der Waals surface area contributed by atoms with E-state index in [0.717, 1.165) is 6.54 Å². The highest BCUT2D eigenvalue weighted by atomic mass is 127. The lowest BCUT2D eigenvalue weighted by Crippen LogP contribution is -2.45. The van der Waals surface area contributed by atoms with Gasteiger partial charge in [-0.05, 0) is 18.4 Å². The average Bonchev–Trinajstić information content (AvgIpc) is 2.52. The number of nitrogens with one attached hydrogen (secondary N) is 2. The molecule has 0 aromatic heterocycles. The normalized spacial score (nSPS) is 13.0. The van der Waals surface area contributed by atoms with Crippen LogP contribution in [0.5, 0.6) is 11.5 Å². The molecule has 6 nitrogen and oxygen atoms in total. The fraction of sp³-hybridized carbons (Fsp3) is 0.611. The van der Waals surface area contributed by atoms with Crippen LogP contribution in [-0.4, -0.2) is 44.5 Å². The Morgan fingerprint density at radius 1 is 1.24 bits per heavy atom. The summed E-state index contributed by atoms with van der Waals surface area (Å²) in [5.74, 6) is 1.27. The maximum atomic E-state index is 10.1. The van der Waals surface area contributed by atoms with Gasteiger partial charge in [0.2, 0.25) is 0 Å². The number of hydrogen-bond donors (Lipinski definition) is 3. The van der Waals surface area contributed by atoms with Crippen molar-refractivity contribution in [3.05, 3.63) is 23.8 Å². The molecule has 0 aliphatic heterocycles. The number of aliphatic imine (C=N–C) groups is 1. The molecule has 0 bridgehead atoms. The molecule has 0 amide bonds. The van der Waals surface area contributed by atoms with E-state index in [2.05, 4.69) is 36.4 Å². The summed E-state index contributed by atoms with van der Waals surface area (Å²) in [6.07, 6.45) is 0.0616. The molecule has 3 N–H and O–H groups in total. The number of phenolic OH excluding ortho intramolecular Hbond substituents is 1. The van der Waals surface area contributed by atoms with E-state index in [1.54, 1.807) is 13.2 Å². The van der Waals surface area contributed by atoms with E-state index in [9.17, 15) is 5.11 Å². The van der Waals surface area contributed by atoms with Gasteiger partial charge in [0.25, 0.3) is 0 Å². The van der Waals surface area contributed by atoms with E-state index in [1.165, 1.54) is 7.11 Å². The molecule has 0 aliphatic rings. The van der Waals surface area contributed by atoms with Gasteiger partial charge in [-0.2, -0.15) is 0 Å². The predicted molar refractivity (Wildman–Crippen MR) is 113 cm³/mol. The second-order valence-electron chi connectivity index (χ2n) is 6.63. The number of phenols is 1. The van der Waals surface area contributed by atoms with Crippen LogP contribution in [0.2, 0.25) is 0 Å². The second-order valence-corrected chi connectivity index (χ2v) is 6.63. The number of ether oxygens (including phenoxy) is 2. The minimum atomic E-state index is 0. The second kappa shape index (κ2) is 11.4. The fourth-order valence-electron chi connectivity index (χ4n) is 2.30. The van der Waals surface area contributed by atoms with Crippen LogP contribution in [0, 0.1) is 5.41 Å². The van der Waals surface area contributed by atoms with Crippen molar-refractivity contribution in [2.24, 2.45) is 10.4 Å². The van der Waals surface area contributed by atoms with Crippen molar-refractivity contribution in [3.63, 3.8) is 0 Å². The van der Waals surface area contributed by atoms with Crippen molar-refractivity contribution >= 4 is 29.9 Å². The van der Waals surface area contributed by atoms with Gasteiger partial charge in [0.15, 0.2) is 17.5 Å². The van der Waals surface area contributed by atoms with Crippen LogP contribution in [0.4, 0.5) is 0 Å². The van der Waals surface area contributed by atoms with Gasteiger partial charge in [-0.25, -0.2) is 4.99 Å². The Balaban J connectivity index is 0.00000576. The summed E-state index contributed by atoms with van der Waals surface area (Å²) in [4.78, 5) is 4.53. The Morgan fingerprint density at radius 3 is 2.44 bits per heavy atom. The molecule has 1 atom stereocenters. The molecule has 0 spiro atoms. The van der Waals surface area contributed by atoms with Gasteiger partial charge in [-0.3, -0.25) is 0 Å². The first-order valence-electron chi connectivity index (χ1n) is 8.23. The number of guanidine groups is 1. The van der Waals surface area contributed by atoms with Crippen LogP contribution >= 0.6 is 24.0 Å². The van der Waals surface area contributed by atoms with E-state index in [-0.39, 0.29) is 41.2 Å². The van der Waals surface area contributed by atoms with Crippen LogP contribution in [0.3, 0.4) is 0 Å². The zero-order valence-electron chi connectivity index (χ0n) is 16.0. The molecule has 1 aromatic rings. The van der Waals surface area contributed by atoms with Crippen molar-refractivity contribution in [3.8, 4) is 11.5 Å². The fourth-order valence-corrected chi connectivity index (χ4v) is 2.30. The summed E-state index contributed by atoms with van der Waals surface area (Å²) < 4.78 is 10.7. The first kappa shape index (κ1) is 23.8. The molecule has 7 heteroatoms. The van der Waals surface area contributed by atoms with Crippen molar-refractivity contribution < 1.29 is 14.6 Å². The Hall–Kier alpha value is -1.22. The maximum Gasteiger partial charge on any atom is 0.191 e. The van der Waals surface area contributed by atoms with Crippen molar-refractivity contribution in [1.29, 1.82) is 0 Å². The molecule has 0 saturated carbocycles. The minimum Gasteiger partial charge on any atom is -0.504 e. The highest BCUT2D eigenvalue weighted by Crippen LogP contribution is 2.29. The topological polar surface area (TPSA) is 75.1 Å². The highest BCUT2D eigenvalue weighted by Gasteiger charge is 2.24. The van der Waals surface area contributed by atoms with E-state index in [1.807, 2.05) is 19.1 Å². The van der Waals surface area contributed by atoms with Crippen LogP contribution in [0.25, 0.3) is 0 Å². The summed E-state index contributed by atoms with van der Waals surface area (Å²) in [5, 5.41) is 16.6. The van der Waals surface area contributed by atoms with E-state index >= 15 is 0 Å². The SMILES string of the molecule is CCNC(=NCc1cccc(OC)c1O)NCC(OC)C(C)(C)C.I. The number of rotatable bonds is 7. The van der Waals surface area contributed by atoms with E-state index in [0.29, 0.717) is 30.4 Å². The van der Waals surface area contributed by atoms with Gasteiger partial charge in [-0.1, -0.05) is 32.9 Å². The third-order valence-electron chi connectivity index (χ3n) is 3.76. The quantitative estimate of drug-likeness (QED) is 0.328. The molecular formula is C18H32IN3O3. The number of methoxy groups -OCH3 is 2. The third kappa shape index (κ3) is 7.68. The number of hydrogen-bond acceptors (Lipinski definition) is 4. The summed E-state index contributed by atoms with van der Waals surface area (Å²) >= 11 is 0. The molecule has 0 radical (unpaired) electrons. The monoisotopic (exact) mass is 465 g/mol. The lowest BCUT2D eigenvalue weighted by atomic mass is 9.89. The number of halogens is 1. The van der Waals surface area contributed by atoms with E-state index < -0.39 is 0 Å². The average molecular weight is 465 g/mol. The number of para-hydroxylation sites is 1. The molecule has 0 fully saturated rings. The predicted octanol–water partition coefficient (Wildman–Crippen LogP) is 3.14. The third-order valence-corrected chi connectivity index (χ3v) is 3.76. The van der Waals surface area contributed by atoms with Crippen LogP contribution in [0.15, 0.2) is 23.2 Å². The van der Waals surface area contributed by atoms with Gasteiger partial charge in [0.05, 0.1) is 19.8 Å². The molecular weight excluding hydrogens is 433 g/mol. The zero-order chi connectivity index (χ0) is 18.2. The van der Waals surface area contributed by atoms with Crippen molar-refractivity contribution in [2.45, 2.75) is 40.3 Å². The van der Waals surface area contributed by atoms with E-state index in [4.69, 9.17) is 9.47 Å². The maximum absolute atomic E-state index is 10.1. The Kier molecular flexibility index (Phi) is 10.8. The lowest BCUT2D eigenvalue weighted by Gasteiger charge is -2.30. The van der Waals surface area contributed by atoms with Crippen molar-refractivity contribution in [1.82, 2.24) is 10.6 Å². The standard InChI is InChI=1S/C18H31N3O3.HI/c1-7-19-17(21-12-15(24-6)18(2,3)4)20-11-13-9-8-10-14(23-5)16(13)22;/h8-10,15,22H,7,11-12H2,1-6H3,(H2,19,20,21);1H. The van der Waals surface area contributed by atoms with Gasteiger partial charge in [0.1, 0.15) is 0 Å². The zero-order valence-corrected chi connectivity index (χ0v) is 18.4. The number of nitrogens with zero attached hydrogens (tertiary/aromatic N) is 1. The summed E-state index contributed by atoms with van der Waals surface area (Å²) in [5.41, 5.74) is 0.745. The van der Waals surface area contributed by atoms with Gasteiger partial charge in [0, 0.05) is 25.8 Å². The number of aromatic hydroxyl groups is 1.